The Bertz CT molecular complexity index is 206. The molecule has 0 aliphatic rings. The molecule has 1 unspecified atom stereocenters. The van der Waals surface area contributed by atoms with Crippen molar-refractivity contribution >= 4 is 8.32 Å². The molecule has 0 radical (unpaired) electrons. The van der Waals surface area contributed by atoms with E-state index in [9.17, 15) is 0 Å². The van der Waals surface area contributed by atoms with E-state index < -0.39 is 8.32 Å². The number of nitrogens with one attached hydrogen (secondary N) is 1. The smallest absolute Gasteiger partial charge is 0.249 e. The van der Waals surface area contributed by atoms with Gasteiger partial charge in [0.1, 0.15) is 0 Å². The summed E-state index contributed by atoms with van der Waals surface area (Å²) in [6, 6.07) is 0.518. The summed E-state index contributed by atoms with van der Waals surface area (Å²) in [6.45, 7) is 13.4. The van der Waals surface area contributed by atoms with Gasteiger partial charge in [0.2, 0.25) is 8.32 Å². The van der Waals surface area contributed by atoms with Crippen molar-refractivity contribution in [1.82, 2.24) is 5.32 Å². The minimum atomic E-state index is -1.59. The van der Waals surface area contributed by atoms with Gasteiger partial charge in [-0.15, -0.1) is 0 Å². The highest BCUT2D eigenvalue weighted by Crippen LogP contribution is 2.36. The van der Waals surface area contributed by atoms with E-state index in [-0.39, 0.29) is 5.04 Å². The molecule has 2 nitrogen and oxygen atoms in total. The van der Waals surface area contributed by atoms with Gasteiger partial charge < -0.3 is 9.74 Å². The molecule has 0 aromatic heterocycles. The molecule has 0 fully saturated rings. The van der Waals surface area contributed by atoms with E-state index >= 15 is 0 Å². The molecule has 0 saturated carbocycles. The van der Waals surface area contributed by atoms with Gasteiger partial charge in [0.05, 0.1) is 6.26 Å². The number of hydrogen-bond acceptors (Lipinski definition) is 2. The highest BCUT2D eigenvalue weighted by atomic mass is 28.4. The molecule has 0 rings (SSSR count). The zero-order chi connectivity index (χ0) is 12.1. The predicted octanol–water partition coefficient (Wildman–Crippen LogP) is 3.52. The van der Waals surface area contributed by atoms with E-state index in [1.807, 2.05) is 13.3 Å². The Morgan fingerprint density at radius 3 is 2.27 bits per heavy atom. The lowest BCUT2D eigenvalue weighted by atomic mass is 10.2. The van der Waals surface area contributed by atoms with Crippen molar-refractivity contribution in [2.24, 2.45) is 0 Å². The summed E-state index contributed by atoms with van der Waals surface area (Å²) in [4.78, 5) is 0. The van der Waals surface area contributed by atoms with Crippen LogP contribution in [0.25, 0.3) is 0 Å². The fourth-order valence-electron chi connectivity index (χ4n) is 0.773. The Morgan fingerprint density at radius 2 is 1.87 bits per heavy atom. The van der Waals surface area contributed by atoms with E-state index in [1.54, 1.807) is 0 Å². The van der Waals surface area contributed by atoms with Gasteiger partial charge in [-0.05, 0) is 44.6 Å². The Labute approximate surface area is 96.2 Å². The van der Waals surface area contributed by atoms with E-state index in [0.717, 1.165) is 6.42 Å². The van der Waals surface area contributed by atoms with Crippen LogP contribution in [0.3, 0.4) is 0 Å². The Hall–Kier alpha value is -0.283. The third-order valence-electron chi connectivity index (χ3n) is 3.25. The van der Waals surface area contributed by atoms with Crippen LogP contribution in [0.2, 0.25) is 18.1 Å². The summed E-state index contributed by atoms with van der Waals surface area (Å²) in [7, 11) is 0.385. The second-order valence-electron chi connectivity index (χ2n) is 5.68. The largest absolute Gasteiger partial charge is 0.549 e. The number of hydrogen-bond donors (Lipinski definition) is 1. The third kappa shape index (κ3) is 5.38. The van der Waals surface area contributed by atoms with Gasteiger partial charge >= 0.3 is 0 Å². The first kappa shape index (κ1) is 14.7. The van der Waals surface area contributed by atoms with Gasteiger partial charge in [-0.2, -0.15) is 0 Å². The van der Waals surface area contributed by atoms with Crippen molar-refractivity contribution in [3.05, 3.63) is 12.3 Å². The van der Waals surface area contributed by atoms with Crippen molar-refractivity contribution in [2.45, 2.75) is 58.3 Å². The molecule has 0 aromatic carbocycles. The van der Waals surface area contributed by atoms with Crippen molar-refractivity contribution < 1.29 is 4.43 Å². The quantitative estimate of drug-likeness (QED) is 0.575. The molecule has 90 valence electrons. The predicted molar refractivity (Wildman–Crippen MR) is 70.6 cm³/mol. The lowest BCUT2D eigenvalue weighted by Gasteiger charge is -2.35. The monoisotopic (exact) mass is 229 g/mol. The van der Waals surface area contributed by atoms with E-state index in [2.05, 4.69) is 52.2 Å². The zero-order valence-electron chi connectivity index (χ0n) is 11.3. The summed E-state index contributed by atoms with van der Waals surface area (Å²) < 4.78 is 5.92. The molecule has 0 aliphatic carbocycles. The maximum atomic E-state index is 5.92. The van der Waals surface area contributed by atoms with Crippen LogP contribution >= 0.6 is 0 Å². The van der Waals surface area contributed by atoms with Crippen LogP contribution < -0.4 is 5.32 Å². The maximum Gasteiger partial charge on any atom is 0.249 e. The molecule has 15 heavy (non-hydrogen) atoms. The van der Waals surface area contributed by atoms with Crippen molar-refractivity contribution in [3.8, 4) is 0 Å². The maximum absolute atomic E-state index is 5.92. The van der Waals surface area contributed by atoms with Gasteiger partial charge in [-0.3, -0.25) is 0 Å². The summed E-state index contributed by atoms with van der Waals surface area (Å²) >= 11 is 0. The van der Waals surface area contributed by atoms with Gasteiger partial charge in [0.25, 0.3) is 0 Å². The van der Waals surface area contributed by atoms with Crippen molar-refractivity contribution in [2.75, 3.05) is 7.05 Å². The molecule has 0 amide bonds. The van der Waals surface area contributed by atoms with Crippen LogP contribution in [-0.4, -0.2) is 21.4 Å². The van der Waals surface area contributed by atoms with E-state index in [1.165, 1.54) is 0 Å². The highest BCUT2D eigenvalue weighted by Gasteiger charge is 2.37. The van der Waals surface area contributed by atoms with Crippen LogP contribution in [-0.2, 0) is 4.43 Å². The molecule has 3 heteroatoms. The molecule has 0 saturated heterocycles. The topological polar surface area (TPSA) is 21.3 Å². The second kappa shape index (κ2) is 5.71. The van der Waals surface area contributed by atoms with Gasteiger partial charge in [-0.25, -0.2) is 0 Å². The minimum absolute atomic E-state index is 0.284. The van der Waals surface area contributed by atoms with Crippen molar-refractivity contribution in [1.29, 1.82) is 0 Å². The second-order valence-corrected chi connectivity index (χ2v) is 10.4. The molecule has 0 aliphatic heterocycles. The minimum Gasteiger partial charge on any atom is -0.549 e. The summed E-state index contributed by atoms with van der Waals surface area (Å²) in [6.07, 6.45) is 5.03. The van der Waals surface area contributed by atoms with Crippen molar-refractivity contribution in [3.63, 3.8) is 0 Å². The van der Waals surface area contributed by atoms with Gasteiger partial charge in [0.15, 0.2) is 0 Å². The summed E-state index contributed by atoms with van der Waals surface area (Å²) in [5.41, 5.74) is 0. The van der Waals surface area contributed by atoms with Crippen LogP contribution in [0, 0.1) is 0 Å². The Morgan fingerprint density at radius 1 is 1.33 bits per heavy atom. The summed E-state index contributed by atoms with van der Waals surface area (Å²) in [5, 5.41) is 3.48. The molecule has 0 bridgehead atoms. The standard InChI is InChI=1S/C12H27NOSi/c1-11(13-5)9-8-10-14-15(6,7)12(2,3)4/h8,10-11,13H,9H2,1-7H3. The van der Waals surface area contributed by atoms with Crippen LogP contribution in [0.4, 0.5) is 0 Å². The van der Waals surface area contributed by atoms with Gasteiger partial charge in [-0.1, -0.05) is 20.8 Å². The molecule has 0 aromatic rings. The highest BCUT2D eigenvalue weighted by molar-refractivity contribution is 6.74. The zero-order valence-corrected chi connectivity index (χ0v) is 12.3. The van der Waals surface area contributed by atoms with E-state index in [4.69, 9.17) is 4.43 Å². The first-order valence-electron chi connectivity index (χ1n) is 5.71. The fraction of sp³-hybridized carbons (Fsp3) is 0.833. The molecule has 1 N–H and O–H groups in total. The Balaban J connectivity index is 4.04. The van der Waals surface area contributed by atoms with Gasteiger partial charge in [0, 0.05) is 6.04 Å². The molecule has 0 heterocycles. The lowest BCUT2D eigenvalue weighted by Crippen LogP contribution is -2.39. The third-order valence-corrected chi connectivity index (χ3v) is 7.59. The molecular formula is C12H27NOSi. The first-order valence-corrected chi connectivity index (χ1v) is 8.61. The van der Waals surface area contributed by atoms with Crippen LogP contribution in [0.5, 0.6) is 0 Å². The molecular weight excluding hydrogens is 202 g/mol. The molecule has 0 spiro atoms. The van der Waals surface area contributed by atoms with Crippen LogP contribution in [0.15, 0.2) is 12.3 Å². The van der Waals surface area contributed by atoms with E-state index in [0.29, 0.717) is 6.04 Å². The average Bonchev–Trinajstić information content (AvgIpc) is 2.10. The lowest BCUT2D eigenvalue weighted by molar-refractivity contribution is 0.427. The fourth-order valence-corrected chi connectivity index (χ4v) is 1.56. The molecule has 1 atom stereocenters. The number of rotatable bonds is 5. The Kier molecular flexibility index (Phi) is 5.60. The average molecular weight is 229 g/mol. The summed E-state index contributed by atoms with van der Waals surface area (Å²) in [5.74, 6) is 0. The SMILES string of the molecule is CNC(C)CC=CO[Si](C)(C)C(C)(C)C. The first-order chi connectivity index (χ1) is 6.70. The normalized spacial score (nSPS) is 15.7. The van der Waals surface area contributed by atoms with Crippen LogP contribution in [0.1, 0.15) is 34.1 Å².